The van der Waals surface area contributed by atoms with Crippen LogP contribution in [0.3, 0.4) is 0 Å². The summed E-state index contributed by atoms with van der Waals surface area (Å²) >= 11 is 5.85. The van der Waals surface area contributed by atoms with Crippen molar-refractivity contribution in [1.29, 1.82) is 0 Å². The molecule has 134 valence electrons. The molecule has 0 amide bonds. The average molecular weight is 382 g/mol. The highest BCUT2D eigenvalue weighted by molar-refractivity contribution is 6.29. The molecular formula is C18H12ClF4N3. The molecule has 0 aliphatic heterocycles. The molecule has 0 radical (unpaired) electrons. The molecule has 0 unspecified atom stereocenters. The Morgan fingerprint density at radius 1 is 0.962 bits per heavy atom. The van der Waals surface area contributed by atoms with Crippen LogP contribution in [0.2, 0.25) is 5.15 Å². The summed E-state index contributed by atoms with van der Waals surface area (Å²) in [6.07, 6.45) is -3.24. The lowest BCUT2D eigenvalue weighted by atomic mass is 10.0. The normalized spacial score (nSPS) is 11.4. The highest BCUT2D eigenvalue weighted by atomic mass is 35.5. The molecule has 0 aliphatic carbocycles. The minimum Gasteiger partial charge on any atom is -0.380 e. The summed E-state index contributed by atoms with van der Waals surface area (Å²) in [7, 11) is 0. The fraction of sp³-hybridized carbons (Fsp3) is 0.111. The molecule has 8 heteroatoms. The summed E-state index contributed by atoms with van der Waals surface area (Å²) < 4.78 is 52.2. The second kappa shape index (κ2) is 7.29. The van der Waals surface area contributed by atoms with Gasteiger partial charge in [-0.3, -0.25) is 0 Å². The predicted octanol–water partition coefficient (Wildman–Crippen LogP) is 5.57. The molecule has 0 aliphatic rings. The quantitative estimate of drug-likeness (QED) is 0.474. The van der Waals surface area contributed by atoms with Gasteiger partial charge in [-0.15, -0.1) is 0 Å². The molecule has 3 aromatic rings. The zero-order valence-electron chi connectivity index (χ0n) is 13.2. The highest BCUT2D eigenvalue weighted by Gasteiger charge is 2.31. The van der Waals surface area contributed by atoms with E-state index in [9.17, 15) is 17.6 Å². The summed E-state index contributed by atoms with van der Waals surface area (Å²) in [4.78, 5) is 7.83. The predicted molar refractivity (Wildman–Crippen MR) is 91.2 cm³/mol. The van der Waals surface area contributed by atoms with Crippen LogP contribution in [0, 0.1) is 5.82 Å². The standard InChI is InChI=1S/C18H12ClF4N3/c19-17-8-16(25-10-26-17)14-6-3-12(18(21,22)23)7-15(14)24-9-11-1-4-13(20)5-2-11/h1-8,10,24H,9H2. The van der Waals surface area contributed by atoms with Gasteiger partial charge in [-0.25, -0.2) is 14.4 Å². The number of nitrogens with one attached hydrogen (secondary N) is 1. The third-order valence-electron chi connectivity index (χ3n) is 3.65. The third kappa shape index (κ3) is 4.29. The van der Waals surface area contributed by atoms with E-state index in [1.54, 1.807) is 12.1 Å². The van der Waals surface area contributed by atoms with E-state index in [1.807, 2.05) is 0 Å². The Morgan fingerprint density at radius 2 is 1.69 bits per heavy atom. The van der Waals surface area contributed by atoms with Crippen molar-refractivity contribution in [2.45, 2.75) is 12.7 Å². The lowest BCUT2D eigenvalue weighted by molar-refractivity contribution is -0.137. The Hall–Kier alpha value is -2.67. The number of halogens is 5. The van der Waals surface area contributed by atoms with Crippen LogP contribution in [0.5, 0.6) is 0 Å². The minimum absolute atomic E-state index is 0.180. The number of aromatic nitrogens is 2. The van der Waals surface area contributed by atoms with Gasteiger partial charge in [0.2, 0.25) is 0 Å². The Bertz CT molecular complexity index is 911. The summed E-state index contributed by atoms with van der Waals surface area (Å²) in [5.74, 6) is -0.385. The maximum Gasteiger partial charge on any atom is 0.416 e. The van der Waals surface area contributed by atoms with Crippen molar-refractivity contribution >= 4 is 17.3 Å². The number of benzene rings is 2. The first-order chi connectivity index (χ1) is 12.3. The van der Waals surface area contributed by atoms with E-state index in [1.165, 1.54) is 30.6 Å². The molecule has 0 atom stereocenters. The first-order valence-electron chi connectivity index (χ1n) is 7.50. The van der Waals surface area contributed by atoms with Crippen molar-refractivity contribution in [3.8, 4) is 11.3 Å². The number of hydrogen-bond donors (Lipinski definition) is 1. The summed E-state index contributed by atoms with van der Waals surface area (Å²) in [6, 6.07) is 10.5. The van der Waals surface area contributed by atoms with Crippen LogP contribution in [-0.4, -0.2) is 9.97 Å². The SMILES string of the molecule is Fc1ccc(CNc2cc(C(F)(F)F)ccc2-c2cc(Cl)ncn2)cc1. The second-order valence-electron chi connectivity index (χ2n) is 5.46. The maximum absolute atomic E-state index is 13.1. The Balaban J connectivity index is 1.97. The fourth-order valence-corrected chi connectivity index (χ4v) is 2.52. The Labute approximate surface area is 151 Å². The van der Waals surface area contributed by atoms with Crippen LogP contribution < -0.4 is 5.32 Å². The molecule has 1 aromatic heterocycles. The van der Waals surface area contributed by atoms with E-state index in [0.717, 1.165) is 17.7 Å². The number of nitrogens with zero attached hydrogens (tertiary/aromatic N) is 2. The lowest BCUT2D eigenvalue weighted by Gasteiger charge is -2.15. The van der Waals surface area contributed by atoms with E-state index in [2.05, 4.69) is 15.3 Å². The smallest absolute Gasteiger partial charge is 0.380 e. The van der Waals surface area contributed by atoms with E-state index in [4.69, 9.17) is 11.6 Å². The largest absolute Gasteiger partial charge is 0.416 e. The molecule has 0 spiro atoms. The molecule has 1 heterocycles. The van der Waals surface area contributed by atoms with E-state index in [0.29, 0.717) is 11.3 Å². The van der Waals surface area contributed by atoms with Gasteiger partial charge in [0.25, 0.3) is 0 Å². The van der Waals surface area contributed by atoms with Crippen molar-refractivity contribution in [2.75, 3.05) is 5.32 Å². The van der Waals surface area contributed by atoms with Gasteiger partial charge in [0.1, 0.15) is 17.3 Å². The van der Waals surface area contributed by atoms with Gasteiger partial charge in [0.05, 0.1) is 11.3 Å². The molecule has 0 bridgehead atoms. The molecule has 2 aromatic carbocycles. The molecule has 0 saturated carbocycles. The van der Waals surface area contributed by atoms with Gasteiger partial charge in [-0.2, -0.15) is 13.2 Å². The topological polar surface area (TPSA) is 37.8 Å². The van der Waals surface area contributed by atoms with Crippen LogP contribution in [0.1, 0.15) is 11.1 Å². The first kappa shape index (κ1) is 18.1. The van der Waals surface area contributed by atoms with Gasteiger partial charge in [0, 0.05) is 23.9 Å². The van der Waals surface area contributed by atoms with Gasteiger partial charge in [-0.1, -0.05) is 29.8 Å². The Morgan fingerprint density at radius 3 is 2.35 bits per heavy atom. The van der Waals surface area contributed by atoms with Crippen LogP contribution in [0.25, 0.3) is 11.3 Å². The van der Waals surface area contributed by atoms with Crippen LogP contribution in [0.4, 0.5) is 23.2 Å². The van der Waals surface area contributed by atoms with Crippen molar-refractivity contribution in [1.82, 2.24) is 9.97 Å². The number of alkyl halides is 3. The van der Waals surface area contributed by atoms with Gasteiger partial charge >= 0.3 is 6.18 Å². The van der Waals surface area contributed by atoms with Crippen LogP contribution >= 0.6 is 11.6 Å². The number of hydrogen-bond acceptors (Lipinski definition) is 3. The van der Waals surface area contributed by atoms with E-state index in [-0.39, 0.29) is 23.2 Å². The number of anilines is 1. The van der Waals surface area contributed by atoms with Crippen molar-refractivity contribution in [3.63, 3.8) is 0 Å². The molecule has 3 rings (SSSR count). The minimum atomic E-state index is -4.48. The lowest BCUT2D eigenvalue weighted by Crippen LogP contribution is -2.08. The average Bonchev–Trinajstić information content (AvgIpc) is 2.60. The highest BCUT2D eigenvalue weighted by Crippen LogP contribution is 2.35. The van der Waals surface area contributed by atoms with E-state index < -0.39 is 11.7 Å². The van der Waals surface area contributed by atoms with Crippen LogP contribution in [0.15, 0.2) is 54.9 Å². The van der Waals surface area contributed by atoms with E-state index >= 15 is 0 Å². The molecule has 26 heavy (non-hydrogen) atoms. The first-order valence-corrected chi connectivity index (χ1v) is 7.88. The van der Waals surface area contributed by atoms with Crippen molar-refractivity contribution < 1.29 is 17.6 Å². The fourth-order valence-electron chi connectivity index (χ4n) is 2.37. The monoisotopic (exact) mass is 381 g/mol. The molecule has 3 nitrogen and oxygen atoms in total. The third-order valence-corrected chi connectivity index (χ3v) is 3.86. The summed E-state index contributed by atoms with van der Waals surface area (Å²) in [5.41, 5.74) is 1.00. The maximum atomic E-state index is 13.1. The second-order valence-corrected chi connectivity index (χ2v) is 5.85. The van der Waals surface area contributed by atoms with Gasteiger partial charge in [0.15, 0.2) is 0 Å². The zero-order valence-corrected chi connectivity index (χ0v) is 13.9. The number of rotatable bonds is 4. The van der Waals surface area contributed by atoms with Crippen molar-refractivity contribution in [2.24, 2.45) is 0 Å². The van der Waals surface area contributed by atoms with Crippen LogP contribution in [-0.2, 0) is 12.7 Å². The molecule has 0 fully saturated rings. The zero-order chi connectivity index (χ0) is 18.7. The summed E-state index contributed by atoms with van der Waals surface area (Å²) in [5, 5.41) is 3.13. The van der Waals surface area contributed by atoms with Gasteiger partial charge < -0.3 is 5.32 Å². The molecular weight excluding hydrogens is 370 g/mol. The van der Waals surface area contributed by atoms with Crippen molar-refractivity contribution in [3.05, 3.63) is 77.0 Å². The summed E-state index contributed by atoms with van der Waals surface area (Å²) in [6.45, 7) is 0.216. The van der Waals surface area contributed by atoms with Gasteiger partial charge in [-0.05, 0) is 29.8 Å². The molecule has 0 saturated heterocycles. The molecule has 1 N–H and O–H groups in total. The Kier molecular flexibility index (Phi) is 5.08.